The van der Waals surface area contributed by atoms with Gasteiger partial charge in [0.2, 0.25) is 0 Å². The number of carbonyl (C=O) groups excluding carboxylic acids is 1. The maximum atomic E-state index is 10.1. The molecule has 0 saturated heterocycles. The van der Waals surface area contributed by atoms with Crippen molar-refractivity contribution in [1.82, 2.24) is 0 Å². The van der Waals surface area contributed by atoms with Crippen LogP contribution in [0.5, 0.6) is 0 Å². The number of carbonyl (C=O) groups is 1. The first kappa shape index (κ1) is 19.2. The summed E-state index contributed by atoms with van der Waals surface area (Å²) in [4.78, 5) is 10.1. The first-order chi connectivity index (χ1) is 10.9. The lowest BCUT2D eigenvalue weighted by Crippen LogP contribution is -2.19. The molecular weight excluding hydrogens is 284 g/mol. The summed E-state index contributed by atoms with van der Waals surface area (Å²) in [6, 6.07) is 0. The third kappa shape index (κ3) is 6.85. The van der Waals surface area contributed by atoms with Gasteiger partial charge in [0.25, 0.3) is 6.47 Å². The van der Waals surface area contributed by atoms with Crippen molar-refractivity contribution in [2.75, 3.05) is 6.61 Å². The average Bonchev–Trinajstić information content (AvgIpc) is 2.46. The van der Waals surface area contributed by atoms with Crippen LogP contribution in [0.3, 0.4) is 0 Å². The van der Waals surface area contributed by atoms with Crippen molar-refractivity contribution >= 4 is 6.47 Å². The Hall–Kier alpha value is -1.83. The molecule has 2 nitrogen and oxygen atoms in total. The minimum Gasteiger partial charge on any atom is -0.464 e. The monoisotopic (exact) mass is 314 g/mol. The molecule has 0 aromatic carbocycles. The van der Waals surface area contributed by atoms with E-state index in [-0.39, 0.29) is 5.41 Å². The van der Waals surface area contributed by atoms with E-state index < -0.39 is 0 Å². The molecular formula is C21H30O2. The van der Waals surface area contributed by atoms with Gasteiger partial charge < -0.3 is 4.74 Å². The molecule has 0 fully saturated rings. The third-order valence-corrected chi connectivity index (χ3v) is 4.34. The van der Waals surface area contributed by atoms with E-state index >= 15 is 0 Å². The molecule has 0 atom stereocenters. The van der Waals surface area contributed by atoms with Gasteiger partial charge >= 0.3 is 0 Å². The zero-order valence-electron chi connectivity index (χ0n) is 15.2. The molecule has 0 bridgehead atoms. The summed E-state index contributed by atoms with van der Waals surface area (Å²) in [5.41, 5.74) is 5.59. The van der Waals surface area contributed by atoms with Gasteiger partial charge in [-0.1, -0.05) is 60.9 Å². The molecule has 1 aliphatic carbocycles. The van der Waals surface area contributed by atoms with Crippen molar-refractivity contribution < 1.29 is 9.53 Å². The SMILES string of the molecule is CC(C=CC1=C(C)CCCC1(C)C)=CC=CC(C)=CCOC=O. The van der Waals surface area contributed by atoms with Gasteiger partial charge in [0, 0.05) is 0 Å². The van der Waals surface area contributed by atoms with E-state index in [2.05, 4.69) is 50.7 Å². The fourth-order valence-corrected chi connectivity index (χ4v) is 2.92. The van der Waals surface area contributed by atoms with Gasteiger partial charge in [0.1, 0.15) is 6.61 Å². The van der Waals surface area contributed by atoms with Crippen LogP contribution < -0.4 is 0 Å². The van der Waals surface area contributed by atoms with Gasteiger partial charge in [-0.2, -0.15) is 0 Å². The fourth-order valence-electron chi connectivity index (χ4n) is 2.92. The van der Waals surface area contributed by atoms with E-state index in [1.165, 1.54) is 36.0 Å². The Morgan fingerprint density at radius 3 is 2.61 bits per heavy atom. The number of ether oxygens (including phenoxy) is 1. The average molecular weight is 314 g/mol. The Morgan fingerprint density at radius 1 is 1.22 bits per heavy atom. The summed E-state index contributed by atoms with van der Waals surface area (Å²) < 4.78 is 4.64. The first-order valence-corrected chi connectivity index (χ1v) is 8.32. The van der Waals surface area contributed by atoms with E-state index in [1.807, 2.05) is 25.2 Å². The van der Waals surface area contributed by atoms with Gasteiger partial charge in [-0.05, 0) is 57.1 Å². The lowest BCUT2D eigenvalue weighted by Gasteiger charge is -2.32. The van der Waals surface area contributed by atoms with Crippen LogP contribution in [0.1, 0.15) is 53.9 Å². The van der Waals surface area contributed by atoms with Crippen LogP contribution in [0, 0.1) is 5.41 Å². The Morgan fingerprint density at radius 2 is 1.96 bits per heavy atom. The Kier molecular flexibility index (Phi) is 7.80. The van der Waals surface area contributed by atoms with Crippen molar-refractivity contribution in [2.45, 2.75) is 53.9 Å². The van der Waals surface area contributed by atoms with Crippen molar-refractivity contribution in [2.24, 2.45) is 5.41 Å². The van der Waals surface area contributed by atoms with E-state index in [4.69, 9.17) is 0 Å². The highest BCUT2D eigenvalue weighted by atomic mass is 16.5. The van der Waals surface area contributed by atoms with Gasteiger partial charge in [-0.25, -0.2) is 0 Å². The predicted octanol–water partition coefficient (Wildman–Crippen LogP) is 5.69. The smallest absolute Gasteiger partial charge is 0.293 e. The van der Waals surface area contributed by atoms with Crippen molar-refractivity contribution in [3.05, 3.63) is 58.7 Å². The molecule has 1 rings (SSSR count). The van der Waals surface area contributed by atoms with E-state index in [0.717, 1.165) is 5.57 Å². The third-order valence-electron chi connectivity index (χ3n) is 4.34. The van der Waals surface area contributed by atoms with E-state index in [0.29, 0.717) is 13.1 Å². The Balaban J connectivity index is 2.69. The van der Waals surface area contributed by atoms with Crippen LogP contribution in [0.2, 0.25) is 0 Å². The molecule has 2 heteroatoms. The van der Waals surface area contributed by atoms with Crippen LogP contribution in [0.4, 0.5) is 0 Å². The quantitative estimate of drug-likeness (QED) is 0.343. The highest BCUT2D eigenvalue weighted by molar-refractivity contribution is 5.38. The molecule has 126 valence electrons. The highest BCUT2D eigenvalue weighted by Gasteiger charge is 2.26. The minimum atomic E-state index is 0.285. The lowest BCUT2D eigenvalue weighted by molar-refractivity contribution is -0.127. The number of hydrogen-bond donors (Lipinski definition) is 0. The molecule has 0 radical (unpaired) electrons. The van der Waals surface area contributed by atoms with Gasteiger partial charge in [-0.3, -0.25) is 4.79 Å². The van der Waals surface area contributed by atoms with Crippen molar-refractivity contribution in [1.29, 1.82) is 0 Å². The van der Waals surface area contributed by atoms with Crippen LogP contribution >= 0.6 is 0 Å². The molecule has 0 spiro atoms. The molecule has 1 aliphatic rings. The molecule has 23 heavy (non-hydrogen) atoms. The second kappa shape index (κ2) is 9.34. The molecule has 0 unspecified atom stereocenters. The maximum absolute atomic E-state index is 10.1. The number of hydrogen-bond acceptors (Lipinski definition) is 2. The number of rotatable bonds is 7. The topological polar surface area (TPSA) is 26.3 Å². The van der Waals surface area contributed by atoms with E-state index in [1.54, 1.807) is 0 Å². The van der Waals surface area contributed by atoms with Crippen LogP contribution in [0.15, 0.2) is 58.7 Å². The van der Waals surface area contributed by atoms with Gasteiger partial charge in [-0.15, -0.1) is 0 Å². The summed E-state index contributed by atoms with van der Waals surface area (Å²) >= 11 is 0. The van der Waals surface area contributed by atoms with Crippen molar-refractivity contribution in [3.63, 3.8) is 0 Å². The second-order valence-electron chi connectivity index (χ2n) is 6.91. The fraction of sp³-hybridized carbons (Fsp3) is 0.476. The number of allylic oxidation sites excluding steroid dienone is 9. The zero-order valence-corrected chi connectivity index (χ0v) is 15.2. The van der Waals surface area contributed by atoms with Crippen LogP contribution in [-0.4, -0.2) is 13.1 Å². The largest absolute Gasteiger partial charge is 0.464 e. The second-order valence-corrected chi connectivity index (χ2v) is 6.91. The normalized spacial score (nSPS) is 19.7. The summed E-state index contributed by atoms with van der Waals surface area (Å²) in [7, 11) is 0. The molecule has 0 N–H and O–H groups in total. The molecule has 0 saturated carbocycles. The lowest BCUT2D eigenvalue weighted by atomic mass is 9.72. The van der Waals surface area contributed by atoms with Crippen LogP contribution in [-0.2, 0) is 9.53 Å². The summed E-state index contributed by atoms with van der Waals surface area (Å²) in [6.07, 6.45) is 16.3. The minimum absolute atomic E-state index is 0.285. The van der Waals surface area contributed by atoms with Gasteiger partial charge in [0.15, 0.2) is 0 Å². The Labute approximate surface area is 141 Å². The molecule has 0 aromatic rings. The first-order valence-electron chi connectivity index (χ1n) is 8.32. The summed E-state index contributed by atoms with van der Waals surface area (Å²) in [5.74, 6) is 0. The maximum Gasteiger partial charge on any atom is 0.293 e. The van der Waals surface area contributed by atoms with Crippen molar-refractivity contribution in [3.8, 4) is 0 Å². The molecule has 0 aromatic heterocycles. The highest BCUT2D eigenvalue weighted by Crippen LogP contribution is 2.40. The van der Waals surface area contributed by atoms with Gasteiger partial charge in [0.05, 0.1) is 0 Å². The predicted molar refractivity (Wildman–Crippen MR) is 98.1 cm³/mol. The zero-order chi connectivity index (χ0) is 17.3. The van der Waals surface area contributed by atoms with E-state index in [9.17, 15) is 4.79 Å². The standard InChI is InChI=1S/C21H30O2/c1-17(8-6-9-18(2)13-15-23-16-22)11-12-20-19(3)10-7-14-21(20,4)5/h6,8-9,11-13,16H,7,10,14-15H2,1-5H3. The molecule has 0 aliphatic heterocycles. The molecule has 0 heterocycles. The molecule has 0 amide bonds. The summed E-state index contributed by atoms with van der Waals surface area (Å²) in [6.45, 7) is 11.8. The Bertz CT molecular complexity index is 554. The summed E-state index contributed by atoms with van der Waals surface area (Å²) in [5, 5.41) is 0. The van der Waals surface area contributed by atoms with Crippen LogP contribution in [0.25, 0.3) is 0 Å².